The molecule has 0 unspecified atom stereocenters. The summed E-state index contributed by atoms with van der Waals surface area (Å²) >= 11 is 1.63. The molecule has 0 saturated carbocycles. The number of hydrazine groups is 1. The van der Waals surface area contributed by atoms with E-state index < -0.39 is 6.37 Å². The summed E-state index contributed by atoms with van der Waals surface area (Å²) in [6.07, 6.45) is 1.61. The van der Waals surface area contributed by atoms with Crippen molar-refractivity contribution in [3.63, 3.8) is 0 Å². The number of aryl methyl sites for hydroxylation is 1. The maximum atomic E-state index is 13.5. The maximum absolute atomic E-state index is 13.5. The number of carbonyl (C=O) groups is 1. The van der Waals surface area contributed by atoms with Crippen LogP contribution in [0.1, 0.15) is 30.0 Å². The molecule has 0 bridgehead atoms. The van der Waals surface area contributed by atoms with E-state index in [9.17, 15) is 4.79 Å². The Hall–Kier alpha value is -3.10. The molecule has 0 atom stereocenters. The van der Waals surface area contributed by atoms with Gasteiger partial charge in [0.2, 0.25) is 0 Å². The normalized spacial score (nSPS) is 17.5. The molecule has 5 rings (SSSR count). The van der Waals surface area contributed by atoms with Crippen molar-refractivity contribution in [2.24, 2.45) is 0 Å². The number of hydrogen-bond acceptors (Lipinski definition) is 6. The number of fused-ring (bicyclic) bond motifs is 1. The second kappa shape index (κ2) is 7.38. The van der Waals surface area contributed by atoms with E-state index in [1.54, 1.807) is 46.9 Å². The summed E-state index contributed by atoms with van der Waals surface area (Å²) in [5, 5.41) is 12.6. The minimum atomic E-state index is -1.50. The highest BCUT2D eigenvalue weighted by Crippen LogP contribution is 2.25. The summed E-state index contributed by atoms with van der Waals surface area (Å²) in [5.41, 5.74) is 2.95. The summed E-state index contributed by atoms with van der Waals surface area (Å²) in [7, 11) is 0. The summed E-state index contributed by atoms with van der Waals surface area (Å²) in [6.45, 7) is 2.54. The van der Waals surface area contributed by atoms with Gasteiger partial charge in [0.1, 0.15) is 0 Å². The Morgan fingerprint density at radius 1 is 1.17 bits per heavy atom. The highest BCUT2D eigenvalue weighted by atomic mass is 32.1. The Bertz CT molecular complexity index is 1260. The number of aromatic nitrogens is 4. The summed E-state index contributed by atoms with van der Waals surface area (Å²) in [6, 6.07) is 13.1. The van der Waals surface area contributed by atoms with E-state index >= 15 is 0 Å². The molecule has 0 N–H and O–H groups in total. The predicted molar refractivity (Wildman–Crippen MR) is 112 cm³/mol. The van der Waals surface area contributed by atoms with Crippen molar-refractivity contribution >= 4 is 27.5 Å². The van der Waals surface area contributed by atoms with Crippen LogP contribution < -0.4 is 0 Å². The van der Waals surface area contributed by atoms with Crippen LogP contribution in [0.5, 0.6) is 0 Å². The molecule has 2 aromatic carbocycles. The van der Waals surface area contributed by atoms with Crippen LogP contribution in [0.2, 0.25) is 0 Å². The zero-order valence-corrected chi connectivity index (χ0v) is 16.6. The van der Waals surface area contributed by atoms with E-state index in [-0.39, 0.29) is 19.0 Å². The molecule has 0 radical (unpaired) electrons. The highest BCUT2D eigenvalue weighted by molar-refractivity contribution is 7.18. The number of rotatable bonds is 4. The van der Waals surface area contributed by atoms with Gasteiger partial charge in [0, 0.05) is 22.4 Å². The van der Waals surface area contributed by atoms with Crippen molar-refractivity contribution in [3.8, 4) is 5.69 Å². The number of amides is 1. The maximum Gasteiger partial charge on any atom is 0.270 e. The average molecular weight is 407 g/mol. The van der Waals surface area contributed by atoms with E-state index in [4.69, 9.17) is 2.74 Å². The number of hydrogen-bond donors (Lipinski definition) is 0. The van der Waals surface area contributed by atoms with Crippen LogP contribution in [0.25, 0.3) is 15.9 Å². The van der Waals surface area contributed by atoms with Gasteiger partial charge in [0.05, 0.1) is 38.9 Å². The summed E-state index contributed by atoms with van der Waals surface area (Å²) in [5.74, 6) is -0.274. The van der Waals surface area contributed by atoms with Gasteiger partial charge in [-0.3, -0.25) is 9.80 Å². The number of benzene rings is 2. The van der Waals surface area contributed by atoms with Crippen LogP contribution >= 0.6 is 11.3 Å². The van der Waals surface area contributed by atoms with Crippen LogP contribution in [-0.2, 0) is 6.54 Å². The van der Waals surface area contributed by atoms with E-state index in [1.807, 2.05) is 25.1 Å². The molecule has 1 amide bonds. The molecule has 8 heteroatoms. The van der Waals surface area contributed by atoms with Crippen molar-refractivity contribution in [1.29, 1.82) is 0 Å². The Morgan fingerprint density at radius 2 is 2.00 bits per heavy atom. The molecular weight excluding hydrogens is 384 g/mol. The van der Waals surface area contributed by atoms with Gasteiger partial charge >= 0.3 is 0 Å². The molecule has 29 heavy (non-hydrogen) atoms. The van der Waals surface area contributed by atoms with Crippen molar-refractivity contribution < 1.29 is 7.54 Å². The lowest BCUT2D eigenvalue weighted by atomic mass is 10.1. The Kier molecular flexibility index (Phi) is 4.02. The number of para-hydroxylation sites is 1. The lowest BCUT2D eigenvalue weighted by Crippen LogP contribution is -2.41. The first-order valence-electron chi connectivity index (χ1n) is 10.3. The van der Waals surface area contributed by atoms with E-state index in [1.165, 1.54) is 9.81 Å². The van der Waals surface area contributed by atoms with Gasteiger partial charge in [-0.2, -0.15) is 15.0 Å². The minimum Gasteiger partial charge on any atom is -0.271 e. The van der Waals surface area contributed by atoms with Gasteiger partial charge in [-0.05, 0) is 43.1 Å². The molecule has 146 valence electrons. The third-order valence-electron chi connectivity index (χ3n) is 4.83. The van der Waals surface area contributed by atoms with Crippen molar-refractivity contribution in [1.82, 2.24) is 30.0 Å². The molecular formula is C21H20N6OS. The third-order valence-corrected chi connectivity index (χ3v) is 5.76. The Balaban J connectivity index is 1.46. The van der Waals surface area contributed by atoms with Crippen LogP contribution in [0.15, 0.2) is 54.9 Å². The molecule has 1 aliphatic rings. The first-order valence-corrected chi connectivity index (χ1v) is 10.1. The van der Waals surface area contributed by atoms with Gasteiger partial charge in [-0.25, -0.2) is 9.99 Å². The third kappa shape index (κ3) is 3.41. The predicted octanol–water partition coefficient (Wildman–Crippen LogP) is 3.45. The number of thiazole rings is 1. The first kappa shape index (κ1) is 15.8. The average Bonchev–Trinajstić information content (AvgIpc) is 3.45. The van der Waals surface area contributed by atoms with Gasteiger partial charge in [0.25, 0.3) is 5.91 Å². The van der Waals surface area contributed by atoms with Crippen LogP contribution in [0, 0.1) is 6.92 Å². The first-order chi connectivity index (χ1) is 14.9. The summed E-state index contributed by atoms with van der Waals surface area (Å²) < 4.78 is 17.7. The molecule has 7 nitrogen and oxygen atoms in total. The van der Waals surface area contributed by atoms with Crippen molar-refractivity contribution in [2.45, 2.75) is 19.8 Å². The van der Waals surface area contributed by atoms with Crippen LogP contribution in [0.4, 0.5) is 0 Å². The topological polar surface area (TPSA) is 67.2 Å². The molecule has 0 aliphatic carbocycles. The molecule has 1 aliphatic heterocycles. The van der Waals surface area contributed by atoms with E-state index in [0.29, 0.717) is 17.8 Å². The standard InChI is InChI=1S/C21H20N6OS/c1-15-24-18-8-7-16(13-20(18)29-15)14-25-11-4-12-26(25)21(28)17-5-2-3-6-19(17)27-22-9-10-23-27/h2-3,5-10,13H,4,11-12,14H2,1H3/i4D2. The minimum absolute atomic E-state index is 0.00534. The second-order valence-electron chi connectivity index (χ2n) is 6.81. The molecule has 1 fully saturated rings. The second-order valence-corrected chi connectivity index (χ2v) is 8.04. The van der Waals surface area contributed by atoms with Crippen LogP contribution in [-0.4, -0.2) is 49.0 Å². The SMILES string of the molecule is [2H]C1([2H])CN(Cc2ccc3nc(C)sc3c2)N(C(=O)c2ccccc2-n2nccn2)C1. The van der Waals surface area contributed by atoms with E-state index in [0.717, 1.165) is 20.8 Å². The van der Waals surface area contributed by atoms with Crippen molar-refractivity contribution in [3.05, 3.63) is 71.0 Å². The Morgan fingerprint density at radius 3 is 2.86 bits per heavy atom. The quantitative estimate of drug-likeness (QED) is 0.519. The van der Waals surface area contributed by atoms with Crippen LogP contribution in [0.3, 0.4) is 0 Å². The monoisotopic (exact) mass is 406 g/mol. The van der Waals surface area contributed by atoms with Gasteiger partial charge in [0.15, 0.2) is 0 Å². The van der Waals surface area contributed by atoms with Crippen molar-refractivity contribution in [2.75, 3.05) is 13.1 Å². The summed E-state index contributed by atoms with van der Waals surface area (Å²) in [4.78, 5) is 19.4. The smallest absolute Gasteiger partial charge is 0.270 e. The van der Waals surface area contributed by atoms with Gasteiger partial charge in [-0.15, -0.1) is 11.3 Å². The molecule has 4 aromatic rings. The lowest BCUT2D eigenvalue weighted by molar-refractivity contribution is 0.0170. The largest absolute Gasteiger partial charge is 0.271 e. The van der Waals surface area contributed by atoms with Gasteiger partial charge in [-0.1, -0.05) is 18.2 Å². The zero-order chi connectivity index (χ0) is 21.6. The Labute approximate surface area is 175 Å². The number of carbonyl (C=O) groups excluding carboxylic acids is 1. The molecule has 2 aromatic heterocycles. The zero-order valence-electron chi connectivity index (χ0n) is 17.8. The van der Waals surface area contributed by atoms with E-state index in [2.05, 4.69) is 21.2 Å². The number of nitrogens with zero attached hydrogens (tertiary/aromatic N) is 6. The fourth-order valence-corrected chi connectivity index (χ4v) is 4.40. The molecule has 0 spiro atoms. The fraction of sp³-hybridized carbons (Fsp3) is 0.238. The molecule has 1 saturated heterocycles. The lowest BCUT2D eigenvalue weighted by Gasteiger charge is -2.28. The highest BCUT2D eigenvalue weighted by Gasteiger charge is 2.29. The molecule has 3 heterocycles. The fourth-order valence-electron chi connectivity index (χ4n) is 3.51. The van der Waals surface area contributed by atoms with Gasteiger partial charge < -0.3 is 0 Å².